The van der Waals surface area contributed by atoms with Crippen molar-refractivity contribution in [3.8, 4) is 22.9 Å². The van der Waals surface area contributed by atoms with Crippen molar-refractivity contribution in [2.75, 3.05) is 0 Å². The molecule has 5 rings (SSSR count). The molecular formula is C24H19N3. The molecule has 3 heteroatoms. The van der Waals surface area contributed by atoms with Crippen LogP contribution in [-0.2, 0) is 12.8 Å². The first-order chi connectivity index (χ1) is 13.3. The fraction of sp³-hybridized carbons (Fsp3) is 0.167. The van der Waals surface area contributed by atoms with Crippen molar-refractivity contribution >= 4 is 11.0 Å². The third-order valence-corrected chi connectivity index (χ3v) is 5.54. The van der Waals surface area contributed by atoms with Crippen LogP contribution in [0.2, 0.25) is 0 Å². The lowest BCUT2D eigenvalue weighted by molar-refractivity contribution is 0.901. The average Bonchev–Trinajstić information content (AvgIpc) is 3.28. The van der Waals surface area contributed by atoms with E-state index in [0.29, 0.717) is 5.56 Å². The van der Waals surface area contributed by atoms with E-state index in [0.717, 1.165) is 47.4 Å². The minimum Gasteiger partial charge on any atom is -0.310 e. The van der Waals surface area contributed by atoms with Crippen molar-refractivity contribution in [2.24, 2.45) is 0 Å². The standard InChI is InChI=1S/C24H19N3/c1-16-20(15-25)23-24(27(16)18-11-6-3-7-12-18)22(17-9-4-2-5-10-17)19-13-8-14-21(19)26-23/h2-7,9-12H,8,13-14H2,1H3. The predicted molar refractivity (Wildman–Crippen MR) is 108 cm³/mol. The largest absolute Gasteiger partial charge is 0.310 e. The third-order valence-electron chi connectivity index (χ3n) is 5.54. The van der Waals surface area contributed by atoms with Crippen LogP contribution in [-0.4, -0.2) is 9.55 Å². The van der Waals surface area contributed by atoms with Crippen molar-refractivity contribution in [3.05, 3.63) is 83.2 Å². The van der Waals surface area contributed by atoms with Gasteiger partial charge in [-0.2, -0.15) is 5.26 Å². The lowest BCUT2D eigenvalue weighted by Crippen LogP contribution is -2.01. The van der Waals surface area contributed by atoms with E-state index in [1.807, 2.05) is 31.2 Å². The summed E-state index contributed by atoms with van der Waals surface area (Å²) in [5.41, 5.74) is 9.52. The zero-order chi connectivity index (χ0) is 18.4. The highest BCUT2D eigenvalue weighted by atomic mass is 15.0. The van der Waals surface area contributed by atoms with Crippen LogP contribution in [0.1, 0.15) is 28.9 Å². The molecule has 27 heavy (non-hydrogen) atoms. The Hall–Kier alpha value is -3.38. The number of benzene rings is 2. The maximum absolute atomic E-state index is 9.88. The van der Waals surface area contributed by atoms with Crippen LogP contribution in [0.15, 0.2) is 60.7 Å². The Morgan fingerprint density at radius 1 is 0.963 bits per heavy atom. The van der Waals surface area contributed by atoms with E-state index in [-0.39, 0.29) is 0 Å². The zero-order valence-corrected chi connectivity index (χ0v) is 15.2. The van der Waals surface area contributed by atoms with Gasteiger partial charge in [0.05, 0.1) is 11.1 Å². The highest BCUT2D eigenvalue weighted by Crippen LogP contribution is 2.41. The predicted octanol–water partition coefficient (Wildman–Crippen LogP) is 5.36. The molecule has 0 saturated heterocycles. The van der Waals surface area contributed by atoms with Gasteiger partial charge in [0.1, 0.15) is 11.6 Å². The first-order valence-electron chi connectivity index (χ1n) is 9.37. The summed E-state index contributed by atoms with van der Waals surface area (Å²) in [6.07, 6.45) is 3.16. The Kier molecular flexibility index (Phi) is 3.58. The molecule has 0 radical (unpaired) electrons. The number of aryl methyl sites for hydroxylation is 1. The SMILES string of the molecule is Cc1c(C#N)c2nc3c(c(-c4ccccc4)c2n1-c1ccccc1)CCC3. The number of rotatable bonds is 2. The Labute approximate surface area is 158 Å². The normalized spacial score (nSPS) is 12.9. The minimum atomic E-state index is 0.681. The number of nitrogens with zero attached hydrogens (tertiary/aromatic N) is 3. The second-order valence-corrected chi connectivity index (χ2v) is 7.07. The van der Waals surface area contributed by atoms with Crippen molar-refractivity contribution < 1.29 is 0 Å². The molecule has 0 atom stereocenters. The summed E-state index contributed by atoms with van der Waals surface area (Å²) in [6, 6.07) is 23.2. The molecule has 0 unspecified atom stereocenters. The molecule has 0 saturated carbocycles. The van der Waals surface area contributed by atoms with Gasteiger partial charge in [-0.25, -0.2) is 4.98 Å². The maximum Gasteiger partial charge on any atom is 0.108 e. The number of fused-ring (bicyclic) bond motifs is 2. The fourth-order valence-corrected chi connectivity index (χ4v) is 4.36. The van der Waals surface area contributed by atoms with Gasteiger partial charge < -0.3 is 4.57 Å². The number of pyridine rings is 1. The maximum atomic E-state index is 9.88. The van der Waals surface area contributed by atoms with Crippen LogP contribution < -0.4 is 0 Å². The molecule has 0 aliphatic heterocycles. The van der Waals surface area contributed by atoms with Crippen LogP contribution in [0.4, 0.5) is 0 Å². The fourth-order valence-electron chi connectivity index (χ4n) is 4.36. The first-order valence-corrected chi connectivity index (χ1v) is 9.37. The first kappa shape index (κ1) is 15.8. The number of nitriles is 1. The molecule has 0 bridgehead atoms. The van der Waals surface area contributed by atoms with Gasteiger partial charge in [0.25, 0.3) is 0 Å². The third kappa shape index (κ3) is 2.30. The van der Waals surface area contributed by atoms with Gasteiger partial charge in [-0.15, -0.1) is 0 Å². The Balaban J connectivity index is 2.00. The lowest BCUT2D eigenvalue weighted by Gasteiger charge is -2.15. The molecule has 0 fully saturated rings. The van der Waals surface area contributed by atoms with Gasteiger partial charge in [0.15, 0.2) is 0 Å². The minimum absolute atomic E-state index is 0.681. The average molecular weight is 349 g/mol. The van der Waals surface area contributed by atoms with E-state index in [4.69, 9.17) is 4.98 Å². The number of aromatic nitrogens is 2. The van der Waals surface area contributed by atoms with E-state index < -0.39 is 0 Å². The molecule has 1 aliphatic rings. The number of para-hydroxylation sites is 1. The quantitative estimate of drug-likeness (QED) is 0.489. The van der Waals surface area contributed by atoms with Gasteiger partial charge in [-0.05, 0) is 49.4 Å². The van der Waals surface area contributed by atoms with Gasteiger partial charge in [-0.3, -0.25) is 0 Å². The summed E-state index contributed by atoms with van der Waals surface area (Å²) < 4.78 is 2.21. The van der Waals surface area contributed by atoms with Crippen molar-refractivity contribution in [1.29, 1.82) is 5.26 Å². The van der Waals surface area contributed by atoms with Crippen LogP contribution in [0.25, 0.3) is 27.8 Å². The van der Waals surface area contributed by atoms with Crippen LogP contribution in [0.5, 0.6) is 0 Å². The lowest BCUT2D eigenvalue weighted by atomic mass is 9.97. The summed E-state index contributed by atoms with van der Waals surface area (Å²) >= 11 is 0. The molecule has 3 nitrogen and oxygen atoms in total. The second kappa shape index (κ2) is 6.10. The van der Waals surface area contributed by atoms with Crippen molar-refractivity contribution in [3.63, 3.8) is 0 Å². The zero-order valence-electron chi connectivity index (χ0n) is 15.2. The smallest absolute Gasteiger partial charge is 0.108 e. The highest BCUT2D eigenvalue weighted by Gasteiger charge is 2.26. The van der Waals surface area contributed by atoms with Gasteiger partial charge >= 0.3 is 0 Å². The molecule has 2 aromatic heterocycles. The van der Waals surface area contributed by atoms with Crippen molar-refractivity contribution in [2.45, 2.75) is 26.2 Å². The molecule has 2 heterocycles. The van der Waals surface area contributed by atoms with E-state index >= 15 is 0 Å². The Bertz CT molecular complexity index is 1200. The summed E-state index contributed by atoms with van der Waals surface area (Å²) in [6.45, 7) is 2.02. The Morgan fingerprint density at radius 3 is 2.37 bits per heavy atom. The summed E-state index contributed by atoms with van der Waals surface area (Å²) in [7, 11) is 0. The van der Waals surface area contributed by atoms with Gasteiger partial charge in [0, 0.05) is 22.6 Å². The van der Waals surface area contributed by atoms with E-state index in [2.05, 4.69) is 47.0 Å². The van der Waals surface area contributed by atoms with Crippen LogP contribution in [0, 0.1) is 18.3 Å². The highest BCUT2D eigenvalue weighted by molar-refractivity contribution is 5.99. The van der Waals surface area contributed by atoms with Crippen LogP contribution in [0.3, 0.4) is 0 Å². The molecule has 0 N–H and O–H groups in total. The molecule has 1 aliphatic carbocycles. The Morgan fingerprint density at radius 2 is 1.67 bits per heavy atom. The summed E-state index contributed by atoms with van der Waals surface area (Å²) in [5, 5.41) is 9.88. The van der Waals surface area contributed by atoms with E-state index in [9.17, 15) is 5.26 Å². The molecule has 130 valence electrons. The van der Waals surface area contributed by atoms with E-state index in [1.165, 1.54) is 16.7 Å². The van der Waals surface area contributed by atoms with E-state index in [1.54, 1.807) is 0 Å². The summed E-state index contributed by atoms with van der Waals surface area (Å²) in [5.74, 6) is 0. The number of hydrogen-bond acceptors (Lipinski definition) is 2. The van der Waals surface area contributed by atoms with Gasteiger partial charge in [-0.1, -0.05) is 48.5 Å². The number of hydrogen-bond donors (Lipinski definition) is 0. The second-order valence-electron chi connectivity index (χ2n) is 7.07. The molecule has 0 spiro atoms. The van der Waals surface area contributed by atoms with Crippen molar-refractivity contribution in [1.82, 2.24) is 9.55 Å². The molecular weight excluding hydrogens is 330 g/mol. The topological polar surface area (TPSA) is 41.6 Å². The monoisotopic (exact) mass is 349 g/mol. The van der Waals surface area contributed by atoms with Gasteiger partial charge in [0.2, 0.25) is 0 Å². The molecule has 2 aromatic carbocycles. The molecule has 0 amide bonds. The summed E-state index contributed by atoms with van der Waals surface area (Å²) in [4.78, 5) is 4.98. The van der Waals surface area contributed by atoms with Crippen LogP contribution >= 0.6 is 0 Å². The molecule has 4 aromatic rings.